The molecule has 3 aromatic rings. The van der Waals surface area contributed by atoms with Crippen molar-refractivity contribution in [2.24, 2.45) is 0 Å². The SMILES string of the molecule is C=C(Nc1ccc(-c2cc3c(cc2C)OC(F)(F)C3)cn1)c1c(F)cccc1F. The van der Waals surface area contributed by atoms with Gasteiger partial charge in [0.1, 0.15) is 23.2 Å². The van der Waals surface area contributed by atoms with Crippen LogP contribution in [0.5, 0.6) is 5.75 Å². The molecule has 2 aromatic carbocycles. The highest BCUT2D eigenvalue weighted by atomic mass is 19.3. The van der Waals surface area contributed by atoms with Crippen molar-refractivity contribution in [1.82, 2.24) is 4.98 Å². The van der Waals surface area contributed by atoms with Gasteiger partial charge in [0.2, 0.25) is 0 Å². The van der Waals surface area contributed by atoms with Gasteiger partial charge in [-0.15, -0.1) is 0 Å². The fourth-order valence-electron chi connectivity index (χ4n) is 3.32. The molecule has 7 heteroatoms. The molecule has 4 rings (SSSR count). The summed E-state index contributed by atoms with van der Waals surface area (Å²) in [6, 6.07) is 10.2. The Hall–Kier alpha value is -3.35. The van der Waals surface area contributed by atoms with Crippen LogP contribution in [-0.4, -0.2) is 11.1 Å². The van der Waals surface area contributed by atoms with Gasteiger partial charge in [-0.25, -0.2) is 13.8 Å². The molecule has 0 fully saturated rings. The van der Waals surface area contributed by atoms with E-state index < -0.39 is 24.2 Å². The minimum absolute atomic E-state index is 0.0361. The molecule has 29 heavy (non-hydrogen) atoms. The third-order valence-electron chi connectivity index (χ3n) is 4.68. The van der Waals surface area contributed by atoms with Crippen molar-refractivity contribution < 1.29 is 22.3 Å². The number of benzene rings is 2. The summed E-state index contributed by atoms with van der Waals surface area (Å²) in [6.45, 7) is 5.47. The highest BCUT2D eigenvalue weighted by Crippen LogP contribution is 2.40. The molecule has 1 aliphatic rings. The van der Waals surface area contributed by atoms with Gasteiger partial charge >= 0.3 is 6.11 Å². The predicted octanol–water partition coefficient (Wildman–Crippen LogP) is 5.95. The highest BCUT2D eigenvalue weighted by Gasteiger charge is 2.40. The molecule has 3 nitrogen and oxygen atoms in total. The third-order valence-corrected chi connectivity index (χ3v) is 4.68. The highest BCUT2D eigenvalue weighted by molar-refractivity contribution is 5.76. The Kier molecular flexibility index (Phi) is 4.53. The number of pyridine rings is 1. The maximum Gasteiger partial charge on any atom is 0.402 e. The predicted molar refractivity (Wildman–Crippen MR) is 103 cm³/mol. The van der Waals surface area contributed by atoms with Crippen LogP contribution in [0.15, 0.2) is 55.2 Å². The van der Waals surface area contributed by atoms with Gasteiger partial charge in [0.05, 0.1) is 12.0 Å². The number of nitrogens with one attached hydrogen (secondary N) is 1. The van der Waals surface area contributed by atoms with E-state index in [2.05, 4.69) is 21.6 Å². The van der Waals surface area contributed by atoms with Crippen LogP contribution in [0.3, 0.4) is 0 Å². The van der Waals surface area contributed by atoms with Crippen LogP contribution in [0.25, 0.3) is 16.8 Å². The Labute approximate surface area is 164 Å². The van der Waals surface area contributed by atoms with E-state index in [9.17, 15) is 17.6 Å². The first-order valence-electron chi connectivity index (χ1n) is 8.80. The van der Waals surface area contributed by atoms with Gasteiger partial charge in [0.15, 0.2) is 0 Å². The molecular formula is C22H16F4N2O. The largest absolute Gasteiger partial charge is 0.432 e. The van der Waals surface area contributed by atoms with Crippen LogP contribution in [-0.2, 0) is 6.42 Å². The molecule has 0 bridgehead atoms. The molecule has 0 unspecified atom stereocenters. The summed E-state index contributed by atoms with van der Waals surface area (Å²) in [5.41, 5.74) is 2.45. The van der Waals surface area contributed by atoms with Crippen LogP contribution >= 0.6 is 0 Å². The molecule has 2 heterocycles. The summed E-state index contributed by atoms with van der Waals surface area (Å²) in [5.74, 6) is -0.931. The lowest BCUT2D eigenvalue weighted by Crippen LogP contribution is -2.20. The van der Waals surface area contributed by atoms with Crippen molar-refractivity contribution in [3.8, 4) is 16.9 Å². The summed E-state index contributed by atoms with van der Waals surface area (Å²) < 4.78 is 59.3. The number of hydrogen-bond donors (Lipinski definition) is 1. The number of hydrogen-bond acceptors (Lipinski definition) is 3. The molecule has 0 saturated heterocycles. The Bertz CT molecular complexity index is 1090. The van der Waals surface area contributed by atoms with Gasteiger partial charge in [-0.05, 0) is 54.4 Å². The smallest absolute Gasteiger partial charge is 0.402 e. The monoisotopic (exact) mass is 400 g/mol. The first-order chi connectivity index (χ1) is 13.7. The lowest BCUT2D eigenvalue weighted by molar-refractivity contribution is -0.159. The second-order valence-electron chi connectivity index (χ2n) is 6.82. The quantitative estimate of drug-likeness (QED) is 0.550. The van der Waals surface area contributed by atoms with Crippen molar-refractivity contribution in [1.29, 1.82) is 0 Å². The minimum atomic E-state index is -3.19. The van der Waals surface area contributed by atoms with Crippen molar-refractivity contribution >= 4 is 11.5 Å². The van der Waals surface area contributed by atoms with Crippen molar-refractivity contribution in [2.45, 2.75) is 19.5 Å². The Morgan fingerprint density at radius 2 is 1.86 bits per heavy atom. The molecule has 0 aliphatic carbocycles. The van der Waals surface area contributed by atoms with Crippen LogP contribution in [0.4, 0.5) is 23.4 Å². The van der Waals surface area contributed by atoms with Gasteiger partial charge in [-0.1, -0.05) is 12.6 Å². The zero-order valence-electron chi connectivity index (χ0n) is 15.4. The Morgan fingerprint density at radius 1 is 1.14 bits per heavy atom. The molecular weight excluding hydrogens is 384 g/mol. The van der Waals surface area contributed by atoms with E-state index in [0.717, 1.165) is 23.3 Å². The van der Waals surface area contributed by atoms with Crippen molar-refractivity contribution in [2.75, 3.05) is 5.32 Å². The summed E-state index contributed by atoms with van der Waals surface area (Å²) >= 11 is 0. The van der Waals surface area contributed by atoms with E-state index in [1.54, 1.807) is 37.4 Å². The zero-order chi connectivity index (χ0) is 20.8. The number of ether oxygens (including phenoxy) is 1. The fourth-order valence-corrected chi connectivity index (χ4v) is 3.32. The van der Waals surface area contributed by atoms with Gasteiger partial charge in [0, 0.05) is 23.0 Å². The normalized spacial score (nSPS) is 14.2. The maximum atomic E-state index is 13.9. The molecule has 148 valence electrons. The van der Waals surface area contributed by atoms with E-state index in [-0.39, 0.29) is 17.0 Å². The van der Waals surface area contributed by atoms with Crippen LogP contribution < -0.4 is 10.1 Å². The molecule has 0 amide bonds. The molecule has 1 N–H and O–H groups in total. The Morgan fingerprint density at radius 3 is 2.52 bits per heavy atom. The van der Waals surface area contributed by atoms with E-state index in [4.69, 9.17) is 0 Å². The average molecular weight is 400 g/mol. The fraction of sp³-hybridized carbons (Fsp3) is 0.136. The number of rotatable bonds is 4. The molecule has 0 atom stereocenters. The van der Waals surface area contributed by atoms with Crippen LogP contribution in [0, 0.1) is 18.6 Å². The van der Waals surface area contributed by atoms with Gasteiger partial charge in [-0.2, -0.15) is 8.78 Å². The number of alkyl halides is 2. The van der Waals surface area contributed by atoms with Crippen LogP contribution in [0.1, 0.15) is 16.7 Å². The summed E-state index contributed by atoms with van der Waals surface area (Å²) in [7, 11) is 0. The zero-order valence-corrected chi connectivity index (χ0v) is 15.4. The molecule has 0 saturated carbocycles. The molecule has 0 spiro atoms. The summed E-state index contributed by atoms with van der Waals surface area (Å²) in [6.07, 6.45) is -2.12. The van der Waals surface area contributed by atoms with E-state index in [1.165, 1.54) is 6.07 Å². The number of anilines is 1. The number of fused-ring (bicyclic) bond motifs is 1. The third kappa shape index (κ3) is 3.68. The van der Waals surface area contributed by atoms with Gasteiger partial charge < -0.3 is 10.1 Å². The molecule has 0 radical (unpaired) electrons. The topological polar surface area (TPSA) is 34.1 Å². The lowest BCUT2D eigenvalue weighted by atomic mass is 9.98. The average Bonchev–Trinajstić information content (AvgIpc) is 2.94. The van der Waals surface area contributed by atoms with Crippen LogP contribution in [0.2, 0.25) is 0 Å². The van der Waals surface area contributed by atoms with E-state index >= 15 is 0 Å². The maximum absolute atomic E-state index is 13.9. The van der Waals surface area contributed by atoms with Crippen molar-refractivity contribution in [3.63, 3.8) is 0 Å². The molecule has 1 aliphatic heterocycles. The Balaban J connectivity index is 1.57. The summed E-state index contributed by atoms with van der Waals surface area (Å²) in [5, 5.41) is 2.78. The van der Waals surface area contributed by atoms with Crippen molar-refractivity contribution in [3.05, 3.63) is 83.6 Å². The lowest BCUT2D eigenvalue weighted by Gasteiger charge is -2.12. The number of nitrogens with zero attached hydrogens (tertiary/aromatic N) is 1. The second kappa shape index (κ2) is 6.92. The first kappa shape index (κ1) is 19.0. The van der Waals surface area contributed by atoms with Gasteiger partial charge in [0.25, 0.3) is 0 Å². The standard InChI is InChI=1S/C22H16F4N2O/c1-12-8-19-15(10-22(25,26)29-19)9-16(12)14-6-7-20(27-11-14)28-13(2)21-17(23)4-3-5-18(21)24/h3-9,11H,2,10H2,1H3,(H,27,28). The van der Waals surface area contributed by atoms with E-state index in [1.807, 2.05) is 0 Å². The minimum Gasteiger partial charge on any atom is -0.432 e. The first-order valence-corrected chi connectivity index (χ1v) is 8.80. The number of halogens is 4. The van der Waals surface area contributed by atoms with E-state index in [0.29, 0.717) is 16.9 Å². The summed E-state index contributed by atoms with van der Waals surface area (Å²) in [4.78, 5) is 4.25. The molecule has 1 aromatic heterocycles. The second-order valence-corrected chi connectivity index (χ2v) is 6.82. The number of aryl methyl sites for hydroxylation is 1. The number of aromatic nitrogens is 1. The van der Waals surface area contributed by atoms with Gasteiger partial charge in [-0.3, -0.25) is 0 Å².